The molecule has 226 valence electrons. The van der Waals surface area contributed by atoms with E-state index in [2.05, 4.69) is 39.9 Å². The maximum atomic E-state index is 14.3. The predicted octanol–water partition coefficient (Wildman–Crippen LogP) is 4.60. The van der Waals surface area contributed by atoms with Gasteiger partial charge < -0.3 is 14.2 Å². The first-order valence-electron chi connectivity index (χ1n) is 13.2. The van der Waals surface area contributed by atoms with Gasteiger partial charge in [0.2, 0.25) is 16.0 Å². The van der Waals surface area contributed by atoms with Crippen LogP contribution in [-0.4, -0.2) is 79.6 Å². The van der Waals surface area contributed by atoms with E-state index in [4.69, 9.17) is 25.8 Å². The first-order valence-corrected chi connectivity index (χ1v) is 18.9. The number of aryl methyl sites for hydroxylation is 1. The quantitative estimate of drug-likeness (QED) is 0.194. The highest BCUT2D eigenvalue weighted by Gasteiger charge is 2.35. The summed E-state index contributed by atoms with van der Waals surface area (Å²) in [5, 5.41) is 13.9. The highest BCUT2D eigenvalue weighted by molar-refractivity contribution is 7.92. The SMILES string of the molecule is COc1cccc(OC)c1-n1c(-c2ccn(C)n2)nnc1N(CC[Si](C)(C)C)S(=O)(=O)C[C@@H](OC)c1ccc(Cl)cn1. The highest BCUT2D eigenvalue weighted by atomic mass is 35.5. The van der Waals surface area contributed by atoms with Crippen molar-refractivity contribution < 1.29 is 22.6 Å². The van der Waals surface area contributed by atoms with Crippen molar-refractivity contribution in [1.29, 1.82) is 0 Å². The number of methoxy groups -OCH3 is 3. The third-order valence-electron chi connectivity index (χ3n) is 6.56. The Hall–Kier alpha value is -3.46. The molecular weight excluding hydrogens is 598 g/mol. The highest BCUT2D eigenvalue weighted by Crippen LogP contribution is 2.39. The predicted molar refractivity (Wildman–Crippen MR) is 165 cm³/mol. The van der Waals surface area contributed by atoms with Crippen molar-refractivity contribution in [2.24, 2.45) is 7.05 Å². The number of para-hydroxylation sites is 1. The molecule has 42 heavy (non-hydrogen) atoms. The number of anilines is 1. The Kier molecular flexibility index (Phi) is 9.60. The van der Waals surface area contributed by atoms with E-state index in [0.717, 1.165) is 0 Å². The van der Waals surface area contributed by atoms with Crippen LogP contribution in [0.1, 0.15) is 11.8 Å². The molecule has 3 aromatic heterocycles. The molecule has 1 atom stereocenters. The number of nitrogens with zero attached hydrogens (tertiary/aromatic N) is 7. The molecule has 0 amide bonds. The number of hydrogen-bond acceptors (Lipinski definition) is 9. The first-order chi connectivity index (χ1) is 19.9. The maximum absolute atomic E-state index is 14.3. The van der Waals surface area contributed by atoms with E-state index in [1.807, 2.05) is 0 Å². The Morgan fingerprint density at radius 2 is 1.71 bits per heavy atom. The molecule has 0 aliphatic rings. The Balaban J connectivity index is 1.94. The van der Waals surface area contributed by atoms with E-state index in [0.29, 0.717) is 45.5 Å². The Bertz CT molecular complexity index is 1600. The Morgan fingerprint density at radius 3 is 2.24 bits per heavy atom. The van der Waals surface area contributed by atoms with Gasteiger partial charge in [-0.2, -0.15) is 5.10 Å². The summed E-state index contributed by atoms with van der Waals surface area (Å²) in [4.78, 5) is 4.30. The first kappa shape index (κ1) is 31.5. The van der Waals surface area contributed by atoms with Gasteiger partial charge >= 0.3 is 0 Å². The van der Waals surface area contributed by atoms with Crippen molar-refractivity contribution in [3.05, 3.63) is 59.5 Å². The van der Waals surface area contributed by atoms with Crippen LogP contribution in [0, 0.1) is 0 Å². The average Bonchev–Trinajstić information content (AvgIpc) is 3.57. The molecule has 0 unspecified atom stereocenters. The van der Waals surface area contributed by atoms with E-state index in [1.54, 1.807) is 58.9 Å². The largest absolute Gasteiger partial charge is 0.494 e. The minimum atomic E-state index is -4.07. The molecule has 0 saturated heterocycles. The molecular formula is C27H36ClN7O5SSi. The number of sulfonamides is 1. The average molecular weight is 634 g/mol. The molecule has 4 aromatic rings. The molecule has 0 spiro atoms. The van der Waals surface area contributed by atoms with Gasteiger partial charge in [-0.3, -0.25) is 14.2 Å². The van der Waals surface area contributed by atoms with Gasteiger partial charge in [0.25, 0.3) is 0 Å². The lowest BCUT2D eigenvalue weighted by Gasteiger charge is -2.28. The fraction of sp³-hybridized carbons (Fsp3) is 0.407. The van der Waals surface area contributed by atoms with E-state index in [-0.39, 0.29) is 12.5 Å². The summed E-state index contributed by atoms with van der Waals surface area (Å²) in [5.41, 5.74) is 1.38. The second kappa shape index (κ2) is 12.8. The molecule has 0 N–H and O–H groups in total. The van der Waals surface area contributed by atoms with Crippen LogP contribution in [0.15, 0.2) is 48.8 Å². The third kappa shape index (κ3) is 6.94. The summed E-state index contributed by atoms with van der Waals surface area (Å²) in [5.74, 6) is 0.893. The zero-order valence-corrected chi connectivity index (χ0v) is 27.3. The molecule has 0 bridgehead atoms. The number of halogens is 1. The molecule has 0 radical (unpaired) electrons. The summed E-state index contributed by atoms with van der Waals surface area (Å²) in [7, 11) is 0.504. The fourth-order valence-electron chi connectivity index (χ4n) is 4.33. The van der Waals surface area contributed by atoms with Crippen molar-refractivity contribution in [1.82, 2.24) is 29.5 Å². The van der Waals surface area contributed by atoms with Gasteiger partial charge in [0.05, 0.1) is 24.9 Å². The zero-order chi connectivity index (χ0) is 30.7. The molecule has 4 rings (SSSR count). The molecule has 0 aliphatic heterocycles. The van der Waals surface area contributed by atoms with Crippen LogP contribution in [0.25, 0.3) is 17.2 Å². The van der Waals surface area contributed by atoms with Crippen molar-refractivity contribution in [3.8, 4) is 28.7 Å². The Labute approximate surface area is 252 Å². The van der Waals surface area contributed by atoms with Crippen LogP contribution >= 0.6 is 11.6 Å². The summed E-state index contributed by atoms with van der Waals surface area (Å²) in [6.07, 6.45) is 2.38. The van der Waals surface area contributed by atoms with Crippen LogP contribution in [0.5, 0.6) is 11.5 Å². The lowest BCUT2D eigenvalue weighted by Crippen LogP contribution is -2.40. The van der Waals surface area contributed by atoms with E-state index in [1.165, 1.54) is 31.8 Å². The van der Waals surface area contributed by atoms with Gasteiger partial charge in [-0.05, 0) is 36.4 Å². The summed E-state index contributed by atoms with van der Waals surface area (Å²) in [6.45, 7) is 6.72. The topological polar surface area (TPSA) is 126 Å². The molecule has 0 saturated carbocycles. The molecule has 0 aliphatic carbocycles. The smallest absolute Gasteiger partial charge is 0.246 e. The fourth-order valence-corrected chi connectivity index (χ4v) is 7.10. The van der Waals surface area contributed by atoms with Crippen molar-refractivity contribution in [3.63, 3.8) is 0 Å². The van der Waals surface area contributed by atoms with Crippen LogP contribution < -0.4 is 13.8 Å². The molecule has 0 fully saturated rings. The lowest BCUT2D eigenvalue weighted by atomic mass is 10.2. The van der Waals surface area contributed by atoms with Crippen molar-refractivity contribution in [2.45, 2.75) is 31.8 Å². The standard InChI is InChI=1S/C27H36ClN7O5SSi/c1-33-14-13-21(32-33)26-30-31-27(35(26)25-22(38-2)9-8-10-23(25)39-3)34(15-16-42(5,6)7)41(36,37)18-24(40-4)20-12-11-19(28)17-29-20/h8-14,17,24H,15-16,18H2,1-7H3/t24-/m1/s1. The molecule has 12 nitrogen and oxygen atoms in total. The van der Waals surface area contributed by atoms with Crippen LogP contribution in [0.4, 0.5) is 5.95 Å². The lowest BCUT2D eigenvalue weighted by molar-refractivity contribution is 0.118. The van der Waals surface area contributed by atoms with Crippen molar-refractivity contribution in [2.75, 3.05) is 37.9 Å². The van der Waals surface area contributed by atoms with Crippen LogP contribution in [0.3, 0.4) is 0 Å². The number of hydrogen-bond donors (Lipinski definition) is 0. The van der Waals surface area contributed by atoms with Crippen molar-refractivity contribution >= 4 is 35.6 Å². The Morgan fingerprint density at radius 1 is 1.02 bits per heavy atom. The molecule has 3 heterocycles. The summed E-state index contributed by atoms with van der Waals surface area (Å²) < 4.78 is 50.3. The number of ether oxygens (including phenoxy) is 3. The minimum Gasteiger partial charge on any atom is -0.494 e. The van der Waals surface area contributed by atoms with Gasteiger partial charge in [0, 0.05) is 41.2 Å². The number of aromatic nitrogens is 6. The number of pyridine rings is 1. The summed E-state index contributed by atoms with van der Waals surface area (Å²) in [6, 6.07) is 11.1. The van der Waals surface area contributed by atoms with Gasteiger partial charge in [-0.15, -0.1) is 10.2 Å². The van der Waals surface area contributed by atoms with Gasteiger partial charge in [-0.25, -0.2) is 12.7 Å². The van der Waals surface area contributed by atoms with Crippen LogP contribution in [0.2, 0.25) is 30.7 Å². The van der Waals surface area contributed by atoms with Gasteiger partial charge in [0.1, 0.15) is 34.7 Å². The minimum absolute atomic E-state index is 0.0793. The van der Waals surface area contributed by atoms with E-state index >= 15 is 0 Å². The van der Waals surface area contributed by atoms with E-state index < -0.39 is 30.0 Å². The van der Waals surface area contributed by atoms with Gasteiger partial charge in [-0.1, -0.05) is 37.3 Å². The normalized spacial score (nSPS) is 12.8. The zero-order valence-electron chi connectivity index (χ0n) is 24.8. The van der Waals surface area contributed by atoms with E-state index in [9.17, 15) is 8.42 Å². The second-order valence-electron chi connectivity index (χ2n) is 10.8. The second-order valence-corrected chi connectivity index (χ2v) is 18.8. The number of rotatable bonds is 13. The molecule has 1 aromatic carbocycles. The summed E-state index contributed by atoms with van der Waals surface area (Å²) >= 11 is 6.02. The third-order valence-corrected chi connectivity index (χ3v) is 10.3. The maximum Gasteiger partial charge on any atom is 0.246 e. The monoisotopic (exact) mass is 633 g/mol. The van der Waals surface area contributed by atoms with Crippen LogP contribution in [-0.2, 0) is 21.8 Å². The van der Waals surface area contributed by atoms with Gasteiger partial charge in [0.15, 0.2) is 5.82 Å². The number of benzene rings is 1. The molecule has 15 heteroatoms.